The lowest BCUT2D eigenvalue weighted by molar-refractivity contribution is 0.356. The van der Waals surface area contributed by atoms with Gasteiger partial charge in [-0.2, -0.15) is 0 Å². The molecule has 0 saturated heterocycles. The van der Waals surface area contributed by atoms with Crippen molar-refractivity contribution in [1.29, 1.82) is 0 Å². The third kappa shape index (κ3) is 2.71. The molecule has 0 saturated carbocycles. The van der Waals surface area contributed by atoms with Crippen LogP contribution >= 0.6 is 11.6 Å². The topological polar surface area (TPSA) is 52.0 Å². The molecular weight excluding hydrogens is 255 g/mol. The van der Waals surface area contributed by atoms with Gasteiger partial charge in [0.05, 0.1) is 6.04 Å². The fourth-order valence-electron chi connectivity index (χ4n) is 1.74. The second-order valence-electron chi connectivity index (χ2n) is 4.13. The molecule has 18 heavy (non-hydrogen) atoms. The molecule has 0 aliphatic heterocycles. The van der Waals surface area contributed by atoms with Crippen LogP contribution in [0.5, 0.6) is 0 Å². The molecule has 1 atom stereocenters. The number of hydrogen-bond acceptors (Lipinski definition) is 3. The van der Waals surface area contributed by atoms with Crippen LogP contribution in [0.15, 0.2) is 28.8 Å². The van der Waals surface area contributed by atoms with Crippen LogP contribution in [0, 0.1) is 5.82 Å². The van der Waals surface area contributed by atoms with Crippen molar-refractivity contribution in [2.45, 2.75) is 25.8 Å². The minimum atomic E-state index is -0.386. The maximum absolute atomic E-state index is 13.6. The fraction of sp³-hybridized carbons (Fsp3) is 0.308. The molecule has 1 heterocycles. The van der Waals surface area contributed by atoms with Crippen molar-refractivity contribution in [2.24, 2.45) is 5.73 Å². The Bertz CT molecular complexity index is 542. The van der Waals surface area contributed by atoms with Crippen molar-refractivity contribution >= 4 is 11.6 Å². The maximum Gasteiger partial charge on any atom is 0.154 e. The van der Waals surface area contributed by atoms with Crippen molar-refractivity contribution in [3.63, 3.8) is 0 Å². The van der Waals surface area contributed by atoms with E-state index >= 15 is 0 Å². The van der Waals surface area contributed by atoms with E-state index in [1.807, 2.05) is 6.92 Å². The van der Waals surface area contributed by atoms with E-state index in [1.165, 1.54) is 18.2 Å². The van der Waals surface area contributed by atoms with Crippen LogP contribution in [-0.2, 0) is 0 Å². The predicted octanol–water partition coefficient (Wildman–Crippen LogP) is 3.93. The Morgan fingerprint density at radius 2 is 2.22 bits per heavy atom. The van der Waals surface area contributed by atoms with Crippen LogP contribution in [0.1, 0.15) is 31.6 Å². The summed E-state index contributed by atoms with van der Waals surface area (Å²) in [6.07, 6.45) is 1.75. The quantitative estimate of drug-likeness (QED) is 0.914. The van der Waals surface area contributed by atoms with Gasteiger partial charge in [0.2, 0.25) is 0 Å². The maximum atomic E-state index is 13.6. The molecule has 2 N–H and O–H groups in total. The van der Waals surface area contributed by atoms with Gasteiger partial charge in [0.1, 0.15) is 11.5 Å². The highest BCUT2D eigenvalue weighted by Gasteiger charge is 2.15. The fourth-order valence-corrected chi connectivity index (χ4v) is 1.91. The molecule has 5 heteroatoms. The molecule has 0 spiro atoms. The summed E-state index contributed by atoms with van der Waals surface area (Å²) in [6.45, 7) is 2.04. The van der Waals surface area contributed by atoms with E-state index in [2.05, 4.69) is 5.16 Å². The minimum Gasteiger partial charge on any atom is -0.359 e. The molecule has 0 aliphatic rings. The Morgan fingerprint density at radius 3 is 2.94 bits per heavy atom. The molecule has 1 aromatic heterocycles. The number of aromatic nitrogens is 1. The first-order valence-electron chi connectivity index (χ1n) is 5.79. The smallest absolute Gasteiger partial charge is 0.154 e. The van der Waals surface area contributed by atoms with E-state index in [9.17, 15) is 4.39 Å². The number of benzene rings is 1. The van der Waals surface area contributed by atoms with Crippen LogP contribution in [-0.4, -0.2) is 5.16 Å². The van der Waals surface area contributed by atoms with Gasteiger partial charge in [-0.25, -0.2) is 4.39 Å². The summed E-state index contributed by atoms with van der Waals surface area (Å²) < 4.78 is 18.8. The number of nitrogens with two attached hydrogens (primary N) is 1. The third-order valence-electron chi connectivity index (χ3n) is 2.70. The molecule has 2 rings (SSSR count). The van der Waals surface area contributed by atoms with Gasteiger partial charge in [-0.05, 0) is 24.6 Å². The van der Waals surface area contributed by atoms with Crippen molar-refractivity contribution in [1.82, 2.24) is 5.16 Å². The van der Waals surface area contributed by atoms with E-state index in [-0.39, 0.29) is 11.9 Å². The van der Waals surface area contributed by atoms with E-state index in [0.29, 0.717) is 22.0 Å². The summed E-state index contributed by atoms with van der Waals surface area (Å²) in [5.41, 5.74) is 6.65. The third-order valence-corrected chi connectivity index (χ3v) is 2.93. The largest absolute Gasteiger partial charge is 0.359 e. The lowest BCUT2D eigenvalue weighted by atomic mass is 10.1. The van der Waals surface area contributed by atoms with Crippen LogP contribution in [0.25, 0.3) is 11.3 Å². The molecular formula is C13H14ClFN2O. The van der Waals surface area contributed by atoms with E-state index in [0.717, 1.165) is 12.8 Å². The summed E-state index contributed by atoms with van der Waals surface area (Å²) in [5.74, 6) is 0.175. The summed E-state index contributed by atoms with van der Waals surface area (Å²) in [6, 6.07) is 5.76. The van der Waals surface area contributed by atoms with Gasteiger partial charge >= 0.3 is 0 Å². The molecule has 0 aliphatic carbocycles. The zero-order valence-electron chi connectivity index (χ0n) is 9.99. The van der Waals surface area contributed by atoms with Gasteiger partial charge in [-0.15, -0.1) is 0 Å². The lowest BCUT2D eigenvalue weighted by Gasteiger charge is -2.03. The Balaban J connectivity index is 2.32. The summed E-state index contributed by atoms with van der Waals surface area (Å²) in [4.78, 5) is 0. The zero-order valence-corrected chi connectivity index (χ0v) is 10.7. The molecule has 1 aromatic carbocycles. The number of rotatable bonds is 4. The first-order chi connectivity index (χ1) is 8.61. The van der Waals surface area contributed by atoms with E-state index in [4.69, 9.17) is 21.9 Å². The zero-order chi connectivity index (χ0) is 13.1. The highest BCUT2D eigenvalue weighted by Crippen LogP contribution is 2.27. The van der Waals surface area contributed by atoms with Crippen molar-refractivity contribution in [3.05, 3.63) is 40.9 Å². The van der Waals surface area contributed by atoms with Gasteiger partial charge in [-0.1, -0.05) is 30.1 Å². The highest BCUT2D eigenvalue weighted by atomic mass is 35.5. The van der Waals surface area contributed by atoms with Crippen molar-refractivity contribution < 1.29 is 8.91 Å². The van der Waals surface area contributed by atoms with Gasteiger partial charge in [-0.3, -0.25) is 0 Å². The Hall–Kier alpha value is -1.39. The van der Waals surface area contributed by atoms with Gasteiger partial charge in [0.25, 0.3) is 0 Å². The van der Waals surface area contributed by atoms with Crippen LogP contribution in [0.2, 0.25) is 5.02 Å². The molecule has 1 unspecified atom stereocenters. The lowest BCUT2D eigenvalue weighted by Crippen LogP contribution is -2.08. The first-order valence-corrected chi connectivity index (χ1v) is 6.17. The Morgan fingerprint density at radius 1 is 1.44 bits per heavy atom. The Kier molecular flexibility index (Phi) is 3.99. The number of hydrogen-bond donors (Lipinski definition) is 1. The van der Waals surface area contributed by atoms with Crippen LogP contribution < -0.4 is 5.73 Å². The van der Waals surface area contributed by atoms with Gasteiger partial charge in [0, 0.05) is 16.7 Å². The second-order valence-corrected chi connectivity index (χ2v) is 4.57. The molecule has 0 fully saturated rings. The normalized spacial score (nSPS) is 12.7. The monoisotopic (exact) mass is 268 g/mol. The van der Waals surface area contributed by atoms with E-state index in [1.54, 1.807) is 6.07 Å². The van der Waals surface area contributed by atoms with Crippen LogP contribution in [0.4, 0.5) is 4.39 Å². The predicted molar refractivity (Wildman–Crippen MR) is 68.7 cm³/mol. The van der Waals surface area contributed by atoms with Crippen molar-refractivity contribution in [3.8, 4) is 11.3 Å². The standard InChI is InChI=1S/C13H14ClFN2O/c1-2-3-11(16)13-7-12(17-18-13)9-6-8(14)4-5-10(9)15/h4-7,11H,2-3,16H2,1H3. The average Bonchev–Trinajstić information content (AvgIpc) is 2.82. The second kappa shape index (κ2) is 5.50. The summed E-state index contributed by atoms with van der Waals surface area (Å²) >= 11 is 5.84. The molecule has 0 radical (unpaired) electrons. The van der Waals surface area contributed by atoms with Crippen molar-refractivity contribution in [2.75, 3.05) is 0 Å². The first kappa shape index (κ1) is 13.1. The number of halogens is 2. The number of nitrogens with zero attached hydrogens (tertiary/aromatic N) is 1. The molecule has 2 aromatic rings. The van der Waals surface area contributed by atoms with Gasteiger partial charge < -0.3 is 10.3 Å². The molecule has 0 bridgehead atoms. The summed E-state index contributed by atoms with van der Waals surface area (Å²) in [7, 11) is 0. The Labute approximate surface area is 110 Å². The molecule has 0 amide bonds. The SMILES string of the molecule is CCCC(N)c1cc(-c2cc(Cl)ccc2F)no1. The summed E-state index contributed by atoms with van der Waals surface area (Å²) in [5, 5.41) is 4.29. The highest BCUT2D eigenvalue weighted by molar-refractivity contribution is 6.30. The van der Waals surface area contributed by atoms with Crippen LogP contribution in [0.3, 0.4) is 0 Å². The van der Waals surface area contributed by atoms with Gasteiger partial charge in [0.15, 0.2) is 5.76 Å². The average molecular weight is 269 g/mol. The molecule has 96 valence electrons. The van der Waals surface area contributed by atoms with E-state index < -0.39 is 0 Å². The molecule has 3 nitrogen and oxygen atoms in total. The minimum absolute atomic E-state index is 0.210.